The summed E-state index contributed by atoms with van der Waals surface area (Å²) in [6, 6.07) is 5.32. The maximum absolute atomic E-state index is 12.2. The largest absolute Gasteiger partial charge is 0.328 e. The van der Waals surface area contributed by atoms with Crippen LogP contribution in [0.4, 0.5) is 5.69 Å². The quantitative estimate of drug-likeness (QED) is 0.892. The van der Waals surface area contributed by atoms with Crippen molar-refractivity contribution in [2.75, 3.05) is 25.0 Å². The zero-order valence-corrected chi connectivity index (χ0v) is 13.6. The average molecular weight is 330 g/mol. The van der Waals surface area contributed by atoms with Crippen molar-refractivity contribution in [3.05, 3.63) is 28.2 Å². The number of hydrogen-bond donors (Lipinski definition) is 2. The molecule has 0 aromatic heterocycles. The van der Waals surface area contributed by atoms with Gasteiger partial charge in [0, 0.05) is 12.6 Å². The van der Waals surface area contributed by atoms with Crippen molar-refractivity contribution in [3.63, 3.8) is 0 Å². The SMILES string of the molecule is CC(N)C1CCCN(CC(=O)Nc2c(Cl)cccc2Cl)C1. The smallest absolute Gasteiger partial charge is 0.238 e. The van der Waals surface area contributed by atoms with Gasteiger partial charge in [0.05, 0.1) is 22.3 Å². The lowest BCUT2D eigenvalue weighted by Crippen LogP contribution is -2.45. The molecule has 1 saturated heterocycles. The number of carbonyl (C=O) groups excluding carboxylic acids is 1. The molecule has 1 aromatic rings. The summed E-state index contributed by atoms with van der Waals surface area (Å²) < 4.78 is 0. The molecule has 2 unspecified atom stereocenters. The number of carbonyl (C=O) groups is 1. The molecule has 4 nitrogen and oxygen atoms in total. The van der Waals surface area contributed by atoms with E-state index in [0.29, 0.717) is 28.2 Å². The zero-order chi connectivity index (χ0) is 15.4. The third-order valence-corrected chi connectivity index (χ3v) is 4.51. The van der Waals surface area contributed by atoms with E-state index >= 15 is 0 Å². The maximum Gasteiger partial charge on any atom is 0.238 e. The Labute approximate surface area is 135 Å². The first kappa shape index (κ1) is 16.6. The number of nitrogens with two attached hydrogens (primary N) is 1. The number of benzene rings is 1. The van der Waals surface area contributed by atoms with Gasteiger partial charge >= 0.3 is 0 Å². The Bertz CT molecular complexity index is 487. The number of halogens is 2. The molecule has 0 aliphatic carbocycles. The Hall–Kier alpha value is -0.810. The highest BCUT2D eigenvalue weighted by atomic mass is 35.5. The number of likely N-dealkylation sites (tertiary alicyclic amines) is 1. The molecule has 1 aliphatic heterocycles. The monoisotopic (exact) mass is 329 g/mol. The highest BCUT2D eigenvalue weighted by Crippen LogP contribution is 2.29. The van der Waals surface area contributed by atoms with Crippen LogP contribution >= 0.6 is 23.2 Å². The summed E-state index contributed by atoms with van der Waals surface area (Å²) in [4.78, 5) is 14.3. The van der Waals surface area contributed by atoms with Crippen LogP contribution in [0, 0.1) is 5.92 Å². The lowest BCUT2D eigenvalue weighted by atomic mass is 9.92. The van der Waals surface area contributed by atoms with Crippen molar-refractivity contribution < 1.29 is 4.79 Å². The lowest BCUT2D eigenvalue weighted by molar-refractivity contribution is -0.117. The van der Waals surface area contributed by atoms with E-state index < -0.39 is 0 Å². The predicted octanol–water partition coefficient (Wildman–Crippen LogP) is 2.99. The number of anilines is 1. The fourth-order valence-electron chi connectivity index (χ4n) is 2.66. The molecule has 3 N–H and O–H groups in total. The van der Waals surface area contributed by atoms with E-state index in [4.69, 9.17) is 28.9 Å². The van der Waals surface area contributed by atoms with Crippen LogP contribution in [-0.2, 0) is 4.79 Å². The van der Waals surface area contributed by atoms with Crippen molar-refractivity contribution in [1.82, 2.24) is 4.90 Å². The Morgan fingerprint density at radius 1 is 1.48 bits per heavy atom. The van der Waals surface area contributed by atoms with Gasteiger partial charge in [0.15, 0.2) is 0 Å². The summed E-state index contributed by atoms with van der Waals surface area (Å²) in [7, 11) is 0. The molecule has 0 bridgehead atoms. The first-order valence-corrected chi connectivity index (χ1v) is 7.94. The third-order valence-electron chi connectivity index (χ3n) is 3.88. The van der Waals surface area contributed by atoms with Crippen LogP contribution in [-0.4, -0.2) is 36.5 Å². The molecule has 1 heterocycles. The zero-order valence-electron chi connectivity index (χ0n) is 12.1. The highest BCUT2D eigenvalue weighted by Gasteiger charge is 2.24. The third kappa shape index (κ3) is 4.58. The van der Waals surface area contributed by atoms with E-state index in [2.05, 4.69) is 10.2 Å². The molecule has 1 amide bonds. The molecule has 2 atom stereocenters. The van der Waals surface area contributed by atoms with Crippen LogP contribution < -0.4 is 11.1 Å². The van der Waals surface area contributed by atoms with Gasteiger partial charge in [-0.05, 0) is 44.4 Å². The van der Waals surface area contributed by atoms with Gasteiger partial charge in [-0.15, -0.1) is 0 Å². The highest BCUT2D eigenvalue weighted by molar-refractivity contribution is 6.39. The lowest BCUT2D eigenvalue weighted by Gasteiger charge is -2.34. The molecule has 0 spiro atoms. The summed E-state index contributed by atoms with van der Waals surface area (Å²) >= 11 is 12.1. The van der Waals surface area contributed by atoms with Crippen LogP contribution in [0.15, 0.2) is 18.2 Å². The minimum Gasteiger partial charge on any atom is -0.328 e. The number of amides is 1. The van der Waals surface area contributed by atoms with Crippen molar-refractivity contribution >= 4 is 34.8 Å². The minimum atomic E-state index is -0.102. The van der Waals surface area contributed by atoms with Gasteiger partial charge in [0.1, 0.15) is 0 Å². The van der Waals surface area contributed by atoms with Crippen molar-refractivity contribution in [2.24, 2.45) is 11.7 Å². The molecule has 21 heavy (non-hydrogen) atoms. The number of piperidine rings is 1. The topological polar surface area (TPSA) is 58.4 Å². The van der Waals surface area contributed by atoms with Crippen molar-refractivity contribution in [2.45, 2.75) is 25.8 Å². The van der Waals surface area contributed by atoms with Gasteiger partial charge in [0.25, 0.3) is 0 Å². The van der Waals surface area contributed by atoms with E-state index in [9.17, 15) is 4.79 Å². The molecule has 0 saturated carbocycles. The van der Waals surface area contributed by atoms with Gasteiger partial charge in [-0.3, -0.25) is 9.69 Å². The number of nitrogens with one attached hydrogen (secondary N) is 1. The molecule has 6 heteroatoms. The van der Waals surface area contributed by atoms with Crippen molar-refractivity contribution in [3.8, 4) is 0 Å². The van der Waals surface area contributed by atoms with Crippen LogP contribution in [0.1, 0.15) is 19.8 Å². The number of nitrogens with zero attached hydrogens (tertiary/aromatic N) is 1. The van der Waals surface area contributed by atoms with Crippen molar-refractivity contribution in [1.29, 1.82) is 0 Å². The molecule has 0 radical (unpaired) electrons. The second kappa shape index (κ2) is 7.45. The van der Waals surface area contributed by atoms with E-state index in [0.717, 1.165) is 25.9 Å². The molecule has 2 rings (SSSR count). The van der Waals surface area contributed by atoms with Crippen LogP contribution in [0.2, 0.25) is 10.0 Å². The molecule has 116 valence electrons. The number of hydrogen-bond acceptors (Lipinski definition) is 3. The average Bonchev–Trinajstić information content (AvgIpc) is 2.43. The van der Waals surface area contributed by atoms with Gasteiger partial charge in [-0.2, -0.15) is 0 Å². The summed E-state index contributed by atoms with van der Waals surface area (Å²) in [5.41, 5.74) is 6.44. The molecule has 1 fully saturated rings. The number of rotatable bonds is 4. The Morgan fingerprint density at radius 3 is 2.76 bits per heavy atom. The summed E-state index contributed by atoms with van der Waals surface area (Å²) in [5, 5.41) is 3.69. The second-order valence-electron chi connectivity index (χ2n) is 5.64. The fraction of sp³-hybridized carbons (Fsp3) is 0.533. The van der Waals surface area contributed by atoms with Crippen LogP contribution in [0.5, 0.6) is 0 Å². The first-order chi connectivity index (χ1) is 9.97. The molecular weight excluding hydrogens is 309 g/mol. The molecule has 1 aromatic carbocycles. The van der Waals surface area contributed by atoms with Crippen LogP contribution in [0.25, 0.3) is 0 Å². The van der Waals surface area contributed by atoms with Gasteiger partial charge in [-0.25, -0.2) is 0 Å². The normalized spacial score (nSPS) is 21.0. The Balaban J connectivity index is 1.93. The maximum atomic E-state index is 12.2. The standard InChI is InChI=1S/C15H21Cl2N3O/c1-10(18)11-4-3-7-20(8-11)9-14(21)19-15-12(16)5-2-6-13(15)17/h2,5-6,10-11H,3-4,7-9,18H2,1H3,(H,19,21). The van der Waals surface area contributed by atoms with Gasteiger partial charge in [0.2, 0.25) is 5.91 Å². The van der Waals surface area contributed by atoms with E-state index in [1.54, 1.807) is 18.2 Å². The predicted molar refractivity (Wildman–Crippen MR) is 87.9 cm³/mol. The number of para-hydroxylation sites is 1. The second-order valence-corrected chi connectivity index (χ2v) is 6.46. The first-order valence-electron chi connectivity index (χ1n) is 7.19. The van der Waals surface area contributed by atoms with E-state index in [1.807, 2.05) is 6.92 Å². The molecular formula is C15H21Cl2N3O. The summed E-state index contributed by atoms with van der Waals surface area (Å²) in [6.45, 7) is 4.15. The summed E-state index contributed by atoms with van der Waals surface area (Å²) in [5.74, 6) is 0.353. The molecule has 1 aliphatic rings. The fourth-order valence-corrected chi connectivity index (χ4v) is 3.16. The minimum absolute atomic E-state index is 0.102. The Morgan fingerprint density at radius 2 is 2.14 bits per heavy atom. The Kier molecular flexibility index (Phi) is 5.88. The van der Waals surface area contributed by atoms with E-state index in [1.165, 1.54) is 0 Å². The van der Waals surface area contributed by atoms with Gasteiger partial charge in [-0.1, -0.05) is 29.3 Å². The van der Waals surface area contributed by atoms with E-state index in [-0.39, 0.29) is 11.9 Å². The van der Waals surface area contributed by atoms with Gasteiger partial charge < -0.3 is 11.1 Å². The summed E-state index contributed by atoms with van der Waals surface area (Å²) in [6.07, 6.45) is 2.21. The van der Waals surface area contributed by atoms with Crippen LogP contribution in [0.3, 0.4) is 0 Å².